The number of amides is 4. The minimum atomic E-state index is -0.827. The maximum atomic E-state index is 13.1. The molecule has 1 saturated carbocycles. The van der Waals surface area contributed by atoms with Crippen LogP contribution in [0.3, 0.4) is 0 Å². The molecule has 6 nitrogen and oxygen atoms in total. The first-order valence-electron chi connectivity index (χ1n) is 9.57. The van der Waals surface area contributed by atoms with Crippen molar-refractivity contribution in [3.8, 4) is 0 Å². The van der Waals surface area contributed by atoms with Gasteiger partial charge in [-0.15, -0.1) is 0 Å². The van der Waals surface area contributed by atoms with E-state index in [0.717, 1.165) is 37.1 Å². The van der Waals surface area contributed by atoms with Gasteiger partial charge in [-0.2, -0.15) is 0 Å². The van der Waals surface area contributed by atoms with Crippen molar-refractivity contribution in [1.29, 1.82) is 0 Å². The Hall–Kier alpha value is -1.59. The van der Waals surface area contributed by atoms with E-state index in [4.69, 9.17) is 0 Å². The minimum absolute atomic E-state index is 0.00199. The summed E-state index contributed by atoms with van der Waals surface area (Å²) >= 11 is 0. The fourth-order valence-corrected chi connectivity index (χ4v) is 5.34. The second-order valence-electron chi connectivity index (χ2n) is 9.19. The van der Waals surface area contributed by atoms with Gasteiger partial charge < -0.3 is 10.2 Å². The van der Waals surface area contributed by atoms with E-state index in [2.05, 4.69) is 26.1 Å². The van der Waals surface area contributed by atoms with Crippen LogP contribution in [-0.4, -0.2) is 52.3 Å². The molecule has 0 aromatic rings. The average Bonchev–Trinajstić information content (AvgIpc) is 2.69. The van der Waals surface area contributed by atoms with Gasteiger partial charge in [-0.25, -0.2) is 4.79 Å². The predicted molar refractivity (Wildman–Crippen MR) is 94.8 cm³/mol. The zero-order valence-corrected chi connectivity index (χ0v) is 15.9. The molecule has 3 aliphatic rings. The van der Waals surface area contributed by atoms with Gasteiger partial charge in [-0.1, -0.05) is 20.8 Å². The number of nitrogens with zero attached hydrogens (tertiary/aromatic N) is 2. The van der Waals surface area contributed by atoms with Gasteiger partial charge in [0.2, 0.25) is 5.91 Å². The lowest BCUT2D eigenvalue weighted by Crippen LogP contribution is -2.54. The molecule has 2 aliphatic heterocycles. The van der Waals surface area contributed by atoms with Crippen LogP contribution in [0.15, 0.2) is 0 Å². The molecule has 6 heteroatoms. The Morgan fingerprint density at radius 1 is 1.20 bits per heavy atom. The van der Waals surface area contributed by atoms with Gasteiger partial charge in [0, 0.05) is 12.6 Å². The molecular weight excluding hydrogens is 318 g/mol. The molecule has 3 fully saturated rings. The number of hydrogen-bond acceptors (Lipinski definition) is 3. The van der Waals surface area contributed by atoms with E-state index in [0.29, 0.717) is 18.8 Å². The SMILES string of the molecule is CC1CC(C)(C)CC2(C1)NC(=O)N(CC(=O)N1CCCCC1C)C2=O. The number of carbonyl (C=O) groups is 3. The molecule has 0 aromatic carbocycles. The predicted octanol–water partition coefficient (Wildman–Crippen LogP) is 2.52. The lowest BCUT2D eigenvalue weighted by Gasteiger charge is -2.43. The number of nitrogens with one attached hydrogen (secondary N) is 1. The van der Waals surface area contributed by atoms with E-state index in [9.17, 15) is 14.4 Å². The summed E-state index contributed by atoms with van der Waals surface area (Å²) in [7, 11) is 0. The minimum Gasteiger partial charge on any atom is -0.338 e. The summed E-state index contributed by atoms with van der Waals surface area (Å²) in [5.41, 5.74) is -0.825. The molecule has 4 amide bonds. The number of piperidine rings is 1. The Morgan fingerprint density at radius 2 is 1.92 bits per heavy atom. The first kappa shape index (κ1) is 18.2. The van der Waals surface area contributed by atoms with E-state index in [1.165, 1.54) is 0 Å². The van der Waals surface area contributed by atoms with Gasteiger partial charge in [0.15, 0.2) is 0 Å². The van der Waals surface area contributed by atoms with Crippen LogP contribution in [0.4, 0.5) is 4.79 Å². The highest BCUT2D eigenvalue weighted by Gasteiger charge is 2.56. The van der Waals surface area contributed by atoms with Crippen molar-refractivity contribution in [1.82, 2.24) is 15.1 Å². The monoisotopic (exact) mass is 349 g/mol. The molecule has 1 spiro atoms. The summed E-state index contributed by atoms with van der Waals surface area (Å²) < 4.78 is 0. The van der Waals surface area contributed by atoms with E-state index in [1.54, 1.807) is 0 Å². The number of rotatable bonds is 2. The number of hydrogen-bond donors (Lipinski definition) is 1. The molecule has 3 unspecified atom stereocenters. The molecule has 0 aromatic heterocycles. The van der Waals surface area contributed by atoms with Crippen LogP contribution in [0, 0.1) is 11.3 Å². The van der Waals surface area contributed by atoms with Crippen LogP contribution in [0.1, 0.15) is 66.2 Å². The molecule has 1 aliphatic carbocycles. The van der Waals surface area contributed by atoms with Gasteiger partial charge >= 0.3 is 6.03 Å². The van der Waals surface area contributed by atoms with Crippen molar-refractivity contribution >= 4 is 17.8 Å². The Morgan fingerprint density at radius 3 is 2.56 bits per heavy atom. The maximum Gasteiger partial charge on any atom is 0.325 e. The second-order valence-corrected chi connectivity index (χ2v) is 9.19. The molecule has 0 radical (unpaired) electrons. The summed E-state index contributed by atoms with van der Waals surface area (Å²) in [4.78, 5) is 41.2. The highest BCUT2D eigenvalue weighted by molar-refractivity contribution is 6.09. The summed E-state index contributed by atoms with van der Waals surface area (Å²) in [5, 5.41) is 2.94. The van der Waals surface area contributed by atoms with Crippen molar-refractivity contribution in [2.24, 2.45) is 11.3 Å². The third-order valence-corrected chi connectivity index (χ3v) is 6.04. The van der Waals surface area contributed by atoms with E-state index in [-0.39, 0.29) is 29.8 Å². The molecule has 3 atom stereocenters. The van der Waals surface area contributed by atoms with Crippen molar-refractivity contribution in [3.05, 3.63) is 0 Å². The van der Waals surface area contributed by atoms with Crippen LogP contribution >= 0.6 is 0 Å². The Kier molecular flexibility index (Phi) is 4.58. The topological polar surface area (TPSA) is 69.7 Å². The second kappa shape index (κ2) is 6.29. The maximum absolute atomic E-state index is 13.1. The van der Waals surface area contributed by atoms with Gasteiger partial charge in [0.05, 0.1) is 0 Å². The van der Waals surface area contributed by atoms with Gasteiger partial charge in [-0.05, 0) is 56.8 Å². The summed E-state index contributed by atoms with van der Waals surface area (Å²) in [6.07, 6.45) is 5.45. The van der Waals surface area contributed by atoms with Gasteiger partial charge in [0.25, 0.3) is 5.91 Å². The highest BCUT2D eigenvalue weighted by Crippen LogP contribution is 2.46. The lowest BCUT2D eigenvalue weighted by molar-refractivity contribution is -0.142. The Balaban J connectivity index is 1.74. The smallest absolute Gasteiger partial charge is 0.325 e. The zero-order chi connectivity index (χ0) is 18.4. The summed E-state index contributed by atoms with van der Waals surface area (Å²) in [5.74, 6) is 0.0387. The number of carbonyl (C=O) groups excluding carboxylic acids is 3. The van der Waals surface area contributed by atoms with E-state index < -0.39 is 11.6 Å². The molecule has 2 saturated heterocycles. The van der Waals surface area contributed by atoms with Crippen molar-refractivity contribution in [2.45, 2.75) is 77.8 Å². The van der Waals surface area contributed by atoms with Gasteiger partial charge in [-0.3, -0.25) is 14.5 Å². The third kappa shape index (κ3) is 3.40. The number of urea groups is 1. The molecule has 25 heavy (non-hydrogen) atoms. The van der Waals surface area contributed by atoms with Crippen LogP contribution in [0.2, 0.25) is 0 Å². The molecule has 3 rings (SSSR count). The third-order valence-electron chi connectivity index (χ3n) is 6.04. The van der Waals surface area contributed by atoms with Gasteiger partial charge in [0.1, 0.15) is 12.1 Å². The first-order chi connectivity index (χ1) is 11.6. The Labute approximate surface area is 150 Å². The zero-order valence-electron chi connectivity index (χ0n) is 15.9. The van der Waals surface area contributed by atoms with E-state index >= 15 is 0 Å². The van der Waals surface area contributed by atoms with Crippen molar-refractivity contribution in [3.63, 3.8) is 0 Å². The lowest BCUT2D eigenvalue weighted by atomic mass is 9.64. The average molecular weight is 349 g/mol. The van der Waals surface area contributed by atoms with Crippen LogP contribution < -0.4 is 5.32 Å². The highest BCUT2D eigenvalue weighted by atomic mass is 16.2. The molecule has 1 N–H and O–H groups in total. The van der Waals surface area contributed by atoms with Crippen molar-refractivity contribution in [2.75, 3.05) is 13.1 Å². The van der Waals surface area contributed by atoms with E-state index in [1.807, 2.05) is 11.8 Å². The largest absolute Gasteiger partial charge is 0.338 e. The van der Waals surface area contributed by atoms with Crippen LogP contribution in [-0.2, 0) is 9.59 Å². The fourth-order valence-electron chi connectivity index (χ4n) is 5.34. The molecule has 0 bridgehead atoms. The number of likely N-dealkylation sites (tertiary alicyclic amines) is 1. The summed E-state index contributed by atoms with van der Waals surface area (Å²) in [6, 6.07) is -0.225. The normalized spacial score (nSPS) is 35.2. The quantitative estimate of drug-likeness (QED) is 0.779. The standard InChI is InChI=1S/C19H31N3O3/c1-13-9-18(3,4)12-19(10-13)16(24)22(17(25)20-19)11-15(23)21-8-6-5-7-14(21)2/h13-14H,5-12H2,1-4H3,(H,20,25). The number of imide groups is 1. The van der Waals surface area contributed by atoms with Crippen molar-refractivity contribution < 1.29 is 14.4 Å². The first-order valence-corrected chi connectivity index (χ1v) is 9.57. The Bertz CT molecular complexity index is 588. The van der Waals surface area contributed by atoms with Crippen LogP contribution in [0.5, 0.6) is 0 Å². The molecular formula is C19H31N3O3. The fraction of sp³-hybridized carbons (Fsp3) is 0.842. The van der Waals surface area contributed by atoms with Crippen LogP contribution in [0.25, 0.3) is 0 Å². The summed E-state index contributed by atoms with van der Waals surface area (Å²) in [6.45, 7) is 9.05. The molecule has 2 heterocycles. The molecule has 140 valence electrons.